The van der Waals surface area contributed by atoms with Gasteiger partial charge in [-0.3, -0.25) is 4.79 Å². The van der Waals surface area contributed by atoms with E-state index in [4.69, 9.17) is 21.1 Å². The third-order valence-electron chi connectivity index (χ3n) is 2.32. The Morgan fingerprint density at radius 2 is 1.90 bits per heavy atom. The predicted molar refractivity (Wildman–Crippen MR) is 87.7 cm³/mol. The molecule has 0 aromatic rings. The number of rotatable bonds is 9. The summed E-state index contributed by atoms with van der Waals surface area (Å²) in [5.74, 6) is -0.463. The molecule has 0 aliphatic heterocycles. The van der Waals surface area contributed by atoms with E-state index in [1.165, 1.54) is 11.4 Å². The maximum Gasteiger partial charge on any atom is 0.328 e. The Hall–Kier alpha value is -0.100. The summed E-state index contributed by atoms with van der Waals surface area (Å²) in [4.78, 5) is 23.6. The van der Waals surface area contributed by atoms with Crippen LogP contribution in [0.1, 0.15) is 27.7 Å². The minimum Gasteiger partial charge on any atom is -0.464 e. The first-order chi connectivity index (χ1) is 9.23. The summed E-state index contributed by atoms with van der Waals surface area (Å²) in [6, 6.07) is -0.621. The van der Waals surface area contributed by atoms with Gasteiger partial charge in [0, 0.05) is 6.61 Å². The van der Waals surface area contributed by atoms with Crippen LogP contribution >= 0.6 is 16.8 Å². The van der Waals surface area contributed by atoms with E-state index in [9.17, 15) is 9.59 Å². The second-order valence-corrected chi connectivity index (χ2v) is 12.5. The van der Waals surface area contributed by atoms with Crippen LogP contribution in [0.5, 0.6) is 0 Å². The van der Waals surface area contributed by atoms with E-state index in [2.05, 4.69) is 5.32 Å². The number of hydrogen-bond acceptors (Lipinski definition) is 6. The maximum absolute atomic E-state index is 11.9. The molecule has 0 aliphatic carbocycles. The highest BCUT2D eigenvalue weighted by molar-refractivity contribution is 8.69. The molecule has 0 aromatic heterocycles. The summed E-state index contributed by atoms with van der Waals surface area (Å²) >= 11 is 6.63. The highest BCUT2D eigenvalue weighted by Crippen LogP contribution is 2.56. The summed E-state index contributed by atoms with van der Waals surface area (Å²) in [7, 11) is 0. The standard InChI is InChI=1S/C12H24NO4PS2/c1-6-16-12(15)11(9(3)4)13-10(14)8-20-18(5,19)17-7-2/h9,11H,6-8H2,1-5H3,(H,13,14). The van der Waals surface area contributed by atoms with Gasteiger partial charge in [-0.05, 0) is 26.4 Å². The number of nitrogens with one attached hydrogen (secondary N) is 1. The van der Waals surface area contributed by atoms with Gasteiger partial charge in [-0.15, -0.1) is 0 Å². The van der Waals surface area contributed by atoms with Crippen LogP contribution in [0.15, 0.2) is 0 Å². The Kier molecular flexibility index (Phi) is 9.72. The Morgan fingerprint density at radius 3 is 2.35 bits per heavy atom. The molecule has 2 unspecified atom stereocenters. The molecule has 20 heavy (non-hydrogen) atoms. The molecule has 0 fully saturated rings. The van der Waals surface area contributed by atoms with Crippen LogP contribution < -0.4 is 5.32 Å². The average Bonchev–Trinajstić information content (AvgIpc) is 2.33. The molecule has 0 bridgehead atoms. The Bertz CT molecular complexity index is 376. The first-order valence-electron chi connectivity index (χ1n) is 6.56. The molecule has 0 spiro atoms. The molecule has 2 atom stereocenters. The number of ether oxygens (including phenoxy) is 1. The fourth-order valence-corrected chi connectivity index (χ4v) is 4.76. The number of carbonyl (C=O) groups is 2. The molecule has 0 saturated heterocycles. The lowest BCUT2D eigenvalue weighted by Gasteiger charge is -2.21. The lowest BCUT2D eigenvalue weighted by Crippen LogP contribution is -2.46. The number of hydrogen-bond donors (Lipinski definition) is 1. The molecule has 0 aliphatic rings. The number of esters is 1. The molecule has 0 heterocycles. The van der Waals surface area contributed by atoms with Gasteiger partial charge < -0.3 is 14.6 Å². The van der Waals surface area contributed by atoms with Gasteiger partial charge in [0.15, 0.2) is 0 Å². The van der Waals surface area contributed by atoms with Crippen molar-refractivity contribution in [3.05, 3.63) is 0 Å². The van der Waals surface area contributed by atoms with Crippen molar-refractivity contribution in [2.45, 2.75) is 33.7 Å². The molecule has 118 valence electrons. The fraction of sp³-hybridized carbons (Fsp3) is 0.833. The molecular formula is C12H24NO4PS2. The van der Waals surface area contributed by atoms with Crippen LogP contribution in [0, 0.1) is 5.92 Å². The smallest absolute Gasteiger partial charge is 0.328 e. The molecule has 0 radical (unpaired) electrons. The summed E-state index contributed by atoms with van der Waals surface area (Å²) in [6.07, 6.45) is 0. The van der Waals surface area contributed by atoms with Gasteiger partial charge in [0.1, 0.15) is 11.5 Å². The molecular weight excluding hydrogens is 317 g/mol. The largest absolute Gasteiger partial charge is 0.464 e. The van der Waals surface area contributed by atoms with Crippen molar-refractivity contribution < 1.29 is 18.8 Å². The third-order valence-corrected chi connectivity index (χ3v) is 7.28. The van der Waals surface area contributed by atoms with Gasteiger partial charge in [-0.1, -0.05) is 37.0 Å². The van der Waals surface area contributed by atoms with E-state index in [1.54, 1.807) is 6.92 Å². The summed E-state index contributed by atoms with van der Waals surface area (Å²) in [6.45, 7) is 10.0. The number of amides is 1. The SMILES string of the molecule is CCOC(=O)C(NC(=O)CSP(C)(=S)OCC)C(C)C. The van der Waals surface area contributed by atoms with Crippen molar-refractivity contribution in [3.63, 3.8) is 0 Å². The van der Waals surface area contributed by atoms with Gasteiger partial charge in [-0.2, -0.15) is 0 Å². The van der Waals surface area contributed by atoms with Crippen LogP contribution in [-0.2, 0) is 30.7 Å². The van der Waals surface area contributed by atoms with Crippen LogP contribution in [-0.4, -0.2) is 43.5 Å². The normalized spacial score (nSPS) is 15.5. The van der Waals surface area contributed by atoms with E-state index in [0.29, 0.717) is 13.2 Å². The Morgan fingerprint density at radius 1 is 1.30 bits per heavy atom. The van der Waals surface area contributed by atoms with Crippen molar-refractivity contribution in [1.29, 1.82) is 0 Å². The average molecular weight is 341 g/mol. The monoisotopic (exact) mass is 341 g/mol. The minimum atomic E-state index is -1.98. The molecule has 5 nitrogen and oxygen atoms in total. The van der Waals surface area contributed by atoms with Crippen LogP contribution in [0.25, 0.3) is 0 Å². The molecule has 1 N–H and O–H groups in total. The predicted octanol–water partition coefficient (Wildman–Crippen LogP) is 2.40. The van der Waals surface area contributed by atoms with Gasteiger partial charge in [-0.25, -0.2) is 4.79 Å². The van der Waals surface area contributed by atoms with E-state index in [0.717, 1.165) is 0 Å². The van der Waals surface area contributed by atoms with Crippen molar-refractivity contribution in [2.24, 2.45) is 5.92 Å². The summed E-state index contributed by atoms with van der Waals surface area (Å²) in [5, 5.41) is 2.70. The topological polar surface area (TPSA) is 64.6 Å². The quantitative estimate of drug-likeness (QED) is 0.513. The summed E-state index contributed by atoms with van der Waals surface area (Å²) in [5.41, 5.74) is -1.98. The third kappa shape index (κ3) is 8.25. The molecule has 8 heteroatoms. The van der Waals surface area contributed by atoms with E-state index in [1.807, 2.05) is 27.4 Å². The van der Waals surface area contributed by atoms with Gasteiger partial charge in [0.2, 0.25) is 5.91 Å². The molecule has 0 saturated carbocycles. The zero-order chi connectivity index (χ0) is 15.8. The van der Waals surface area contributed by atoms with E-state index < -0.39 is 17.5 Å². The Labute approximate surface area is 130 Å². The fourth-order valence-electron chi connectivity index (χ4n) is 1.39. The number of carbonyl (C=O) groups excluding carboxylic acids is 2. The van der Waals surface area contributed by atoms with Crippen molar-refractivity contribution in [2.75, 3.05) is 25.6 Å². The first-order valence-corrected chi connectivity index (χ1v) is 11.3. The second kappa shape index (κ2) is 9.77. The summed E-state index contributed by atoms with van der Waals surface area (Å²) < 4.78 is 10.4. The highest BCUT2D eigenvalue weighted by Gasteiger charge is 2.25. The molecule has 0 aromatic carbocycles. The van der Waals surface area contributed by atoms with Crippen molar-refractivity contribution in [1.82, 2.24) is 5.32 Å². The van der Waals surface area contributed by atoms with Gasteiger partial charge >= 0.3 is 5.97 Å². The second-order valence-electron chi connectivity index (χ2n) is 4.50. The molecule has 1 amide bonds. The van der Waals surface area contributed by atoms with Crippen LogP contribution in [0.3, 0.4) is 0 Å². The maximum atomic E-state index is 11.9. The van der Waals surface area contributed by atoms with Gasteiger partial charge in [0.25, 0.3) is 0 Å². The lowest BCUT2D eigenvalue weighted by molar-refractivity contribution is -0.148. The van der Waals surface area contributed by atoms with Crippen molar-refractivity contribution >= 4 is 40.5 Å². The minimum absolute atomic E-state index is 0.0282. The lowest BCUT2D eigenvalue weighted by atomic mass is 10.0. The Balaban J connectivity index is 4.41. The first kappa shape index (κ1) is 19.9. The van der Waals surface area contributed by atoms with Crippen LogP contribution in [0.2, 0.25) is 0 Å². The highest BCUT2D eigenvalue weighted by atomic mass is 32.9. The van der Waals surface area contributed by atoms with Crippen LogP contribution in [0.4, 0.5) is 0 Å². The zero-order valence-corrected chi connectivity index (χ0v) is 15.2. The van der Waals surface area contributed by atoms with Crippen molar-refractivity contribution in [3.8, 4) is 0 Å². The van der Waals surface area contributed by atoms with E-state index in [-0.39, 0.29) is 17.6 Å². The van der Waals surface area contributed by atoms with E-state index >= 15 is 0 Å². The molecule has 0 rings (SSSR count). The van der Waals surface area contributed by atoms with Gasteiger partial charge in [0.05, 0.1) is 12.4 Å². The zero-order valence-electron chi connectivity index (χ0n) is 12.7.